The van der Waals surface area contributed by atoms with Gasteiger partial charge in [0.1, 0.15) is 0 Å². The van der Waals surface area contributed by atoms with Crippen molar-refractivity contribution in [1.82, 2.24) is 0 Å². The molecular weight excluding hydrogens is 88.1 g/mol. The molecule has 7 heavy (non-hydrogen) atoms. The van der Waals surface area contributed by atoms with E-state index in [4.69, 9.17) is 4.74 Å². The Bertz CT molecular complexity index is 58.6. The van der Waals surface area contributed by atoms with Gasteiger partial charge in [0, 0.05) is 0 Å². The average Bonchev–Trinajstić information content (AvgIpc) is 1.90. The molecule has 0 atom stereocenters. The van der Waals surface area contributed by atoms with Gasteiger partial charge in [-0.2, -0.15) is 0 Å². The summed E-state index contributed by atoms with van der Waals surface area (Å²) in [5, 5.41) is 0. The number of hydrogen-bond donors (Lipinski definition) is 0. The van der Waals surface area contributed by atoms with Gasteiger partial charge in [-0.25, -0.2) is 0 Å². The maximum absolute atomic E-state index is 4.96. The highest BCUT2D eigenvalue weighted by atomic mass is 16.5. The van der Waals surface area contributed by atoms with Crippen LogP contribution in [0.2, 0.25) is 0 Å². The van der Waals surface area contributed by atoms with Crippen LogP contribution >= 0.6 is 0 Å². The Morgan fingerprint density at radius 2 is 2.29 bits per heavy atom. The Kier molecular flexibility index (Phi) is 1.79. The molecule has 1 rings (SSSR count). The Morgan fingerprint density at radius 3 is 3.29 bits per heavy atom. The predicted octanol–water partition coefficient (Wildman–Crippen LogP) is 1.51. The summed E-state index contributed by atoms with van der Waals surface area (Å²) in [4.78, 5) is 0. The number of rotatable bonds is 0. The summed E-state index contributed by atoms with van der Waals surface area (Å²) in [7, 11) is 0. The predicted molar refractivity (Wildman–Crippen MR) is 28.6 cm³/mol. The van der Waals surface area contributed by atoms with E-state index in [-0.39, 0.29) is 0 Å². The summed E-state index contributed by atoms with van der Waals surface area (Å²) >= 11 is 0. The maximum Gasteiger partial charge on any atom is 0.0905 e. The van der Waals surface area contributed by atoms with Crippen molar-refractivity contribution in [2.45, 2.75) is 12.8 Å². The molecule has 0 saturated heterocycles. The van der Waals surface area contributed by atoms with E-state index in [1.165, 1.54) is 0 Å². The van der Waals surface area contributed by atoms with Gasteiger partial charge in [0.05, 0.1) is 12.9 Å². The zero-order valence-corrected chi connectivity index (χ0v) is 4.26. The molecule has 0 aromatic heterocycles. The molecule has 1 aliphatic heterocycles. The third-order valence-corrected chi connectivity index (χ3v) is 0.944. The summed E-state index contributed by atoms with van der Waals surface area (Å²) in [6.07, 6.45) is 8.25. The van der Waals surface area contributed by atoms with Gasteiger partial charge < -0.3 is 4.74 Å². The monoisotopic (exact) mass is 97.1 g/mol. The zero-order valence-electron chi connectivity index (χ0n) is 4.26. The molecule has 0 bridgehead atoms. The average molecular weight is 97.1 g/mol. The molecule has 1 radical (unpaired) electrons. The van der Waals surface area contributed by atoms with Crippen molar-refractivity contribution in [2.75, 3.05) is 6.61 Å². The van der Waals surface area contributed by atoms with Crippen LogP contribution in [0.5, 0.6) is 0 Å². The van der Waals surface area contributed by atoms with Crippen LogP contribution in [0.3, 0.4) is 0 Å². The molecule has 0 aromatic rings. The molecule has 1 aliphatic rings. The van der Waals surface area contributed by atoms with Crippen LogP contribution in [-0.2, 0) is 4.74 Å². The molecule has 0 saturated carbocycles. The standard InChI is InChI=1S/C6H9O/c1-2-4-6-7-5-3-1/h3-5H,1-2,6H2. The lowest BCUT2D eigenvalue weighted by molar-refractivity contribution is 0.279. The van der Waals surface area contributed by atoms with Crippen molar-refractivity contribution in [3.05, 3.63) is 18.8 Å². The zero-order chi connectivity index (χ0) is 4.95. The second-order valence-corrected chi connectivity index (χ2v) is 1.57. The second kappa shape index (κ2) is 2.67. The largest absolute Gasteiger partial charge is 0.501 e. The maximum atomic E-state index is 4.96. The van der Waals surface area contributed by atoms with Crippen molar-refractivity contribution in [3.8, 4) is 0 Å². The van der Waals surface area contributed by atoms with Crippen LogP contribution in [0.15, 0.2) is 12.3 Å². The Hall–Kier alpha value is -0.460. The second-order valence-electron chi connectivity index (χ2n) is 1.57. The fourth-order valence-electron chi connectivity index (χ4n) is 0.557. The van der Waals surface area contributed by atoms with E-state index in [0.717, 1.165) is 19.4 Å². The van der Waals surface area contributed by atoms with Gasteiger partial charge in [0.25, 0.3) is 0 Å². The minimum atomic E-state index is 0.788. The van der Waals surface area contributed by atoms with Crippen molar-refractivity contribution in [2.24, 2.45) is 0 Å². The van der Waals surface area contributed by atoms with Crippen LogP contribution < -0.4 is 0 Å². The SMILES string of the molecule is [CH]1CCC=COC1. The highest BCUT2D eigenvalue weighted by molar-refractivity contribution is 4.81. The Morgan fingerprint density at radius 1 is 1.29 bits per heavy atom. The van der Waals surface area contributed by atoms with Crippen LogP contribution in [0, 0.1) is 6.42 Å². The van der Waals surface area contributed by atoms with Gasteiger partial charge in [-0.15, -0.1) is 0 Å². The summed E-state index contributed by atoms with van der Waals surface area (Å²) < 4.78 is 4.96. The highest BCUT2D eigenvalue weighted by Crippen LogP contribution is 2.00. The molecule has 0 fully saturated rings. The van der Waals surface area contributed by atoms with E-state index < -0.39 is 0 Å². The fourth-order valence-corrected chi connectivity index (χ4v) is 0.557. The van der Waals surface area contributed by atoms with E-state index in [9.17, 15) is 0 Å². The van der Waals surface area contributed by atoms with Crippen molar-refractivity contribution < 1.29 is 4.74 Å². The Balaban J connectivity index is 2.20. The summed E-state index contributed by atoms with van der Waals surface area (Å²) in [6, 6.07) is 0. The van der Waals surface area contributed by atoms with Gasteiger partial charge >= 0.3 is 0 Å². The molecule has 0 N–H and O–H groups in total. The summed E-state index contributed by atoms with van der Waals surface area (Å²) in [6.45, 7) is 0.788. The smallest absolute Gasteiger partial charge is 0.0905 e. The van der Waals surface area contributed by atoms with Gasteiger partial charge in [-0.1, -0.05) is 0 Å². The van der Waals surface area contributed by atoms with Crippen molar-refractivity contribution in [3.63, 3.8) is 0 Å². The van der Waals surface area contributed by atoms with Crippen LogP contribution in [-0.4, -0.2) is 6.61 Å². The van der Waals surface area contributed by atoms with E-state index in [2.05, 4.69) is 6.42 Å². The molecule has 0 aliphatic carbocycles. The first-order valence-electron chi connectivity index (χ1n) is 2.58. The van der Waals surface area contributed by atoms with Gasteiger partial charge in [-0.3, -0.25) is 0 Å². The van der Waals surface area contributed by atoms with E-state index >= 15 is 0 Å². The van der Waals surface area contributed by atoms with Gasteiger partial charge in [0.15, 0.2) is 0 Å². The first-order chi connectivity index (χ1) is 3.50. The summed E-state index contributed by atoms with van der Waals surface area (Å²) in [5.74, 6) is 0. The van der Waals surface area contributed by atoms with Crippen molar-refractivity contribution >= 4 is 0 Å². The van der Waals surface area contributed by atoms with Crippen LogP contribution in [0.25, 0.3) is 0 Å². The van der Waals surface area contributed by atoms with Crippen LogP contribution in [0.1, 0.15) is 12.8 Å². The molecule has 0 aromatic carbocycles. The Labute approximate surface area is 44.0 Å². The van der Waals surface area contributed by atoms with E-state index in [1.807, 2.05) is 6.08 Å². The topological polar surface area (TPSA) is 9.23 Å². The first kappa shape index (κ1) is 4.69. The number of hydrogen-bond acceptors (Lipinski definition) is 1. The lowest BCUT2D eigenvalue weighted by Gasteiger charge is -1.90. The van der Waals surface area contributed by atoms with Gasteiger partial charge in [0.2, 0.25) is 0 Å². The molecule has 0 amide bonds. The first-order valence-corrected chi connectivity index (χ1v) is 2.58. The molecule has 0 spiro atoms. The lowest BCUT2D eigenvalue weighted by atomic mass is 10.2. The van der Waals surface area contributed by atoms with Gasteiger partial charge in [-0.05, 0) is 25.3 Å². The third-order valence-electron chi connectivity index (χ3n) is 0.944. The lowest BCUT2D eigenvalue weighted by Crippen LogP contribution is -1.82. The molecular formula is C6H9O. The third kappa shape index (κ3) is 1.62. The highest BCUT2D eigenvalue weighted by Gasteiger charge is 1.89. The molecule has 1 heteroatoms. The van der Waals surface area contributed by atoms with E-state index in [1.54, 1.807) is 6.26 Å². The number of allylic oxidation sites excluding steroid dienone is 1. The molecule has 39 valence electrons. The minimum Gasteiger partial charge on any atom is -0.501 e. The fraction of sp³-hybridized carbons (Fsp3) is 0.500. The van der Waals surface area contributed by atoms with E-state index in [0.29, 0.717) is 0 Å². The van der Waals surface area contributed by atoms with Crippen molar-refractivity contribution in [1.29, 1.82) is 0 Å². The quantitative estimate of drug-likeness (QED) is 0.445. The molecule has 0 unspecified atom stereocenters. The number of ether oxygens (including phenoxy) is 1. The summed E-state index contributed by atoms with van der Waals surface area (Å²) in [5.41, 5.74) is 0. The minimum absolute atomic E-state index is 0.788. The van der Waals surface area contributed by atoms with Crippen LogP contribution in [0.4, 0.5) is 0 Å². The molecule has 1 nitrogen and oxygen atoms in total. The molecule has 1 heterocycles. The normalized spacial score (nSPS) is 20.6.